The van der Waals surface area contributed by atoms with E-state index in [1.807, 2.05) is 6.92 Å². The minimum Gasteiger partial charge on any atom is -0.491 e. The van der Waals surface area contributed by atoms with Crippen LogP contribution in [-0.4, -0.2) is 65.2 Å². The molecule has 2 aromatic carbocycles. The summed E-state index contributed by atoms with van der Waals surface area (Å²) in [5.74, 6) is 0.312. The largest absolute Gasteiger partial charge is 0.491 e. The van der Waals surface area contributed by atoms with Crippen molar-refractivity contribution in [3.05, 3.63) is 53.6 Å². The van der Waals surface area contributed by atoms with Gasteiger partial charge in [-0.1, -0.05) is 25.1 Å². The molecule has 0 saturated carbocycles. The van der Waals surface area contributed by atoms with E-state index in [1.54, 1.807) is 68.4 Å². The van der Waals surface area contributed by atoms with Crippen LogP contribution >= 0.6 is 0 Å². The summed E-state index contributed by atoms with van der Waals surface area (Å²) in [5, 5.41) is 3.43. The monoisotopic (exact) mass is 475 g/mol. The summed E-state index contributed by atoms with van der Waals surface area (Å²) in [7, 11) is -0.417. The summed E-state index contributed by atoms with van der Waals surface area (Å²) >= 11 is 0. The summed E-state index contributed by atoms with van der Waals surface area (Å²) in [6.45, 7) is 7.29. The highest BCUT2D eigenvalue weighted by atomic mass is 32.2. The van der Waals surface area contributed by atoms with Gasteiger partial charge < -0.3 is 19.7 Å². The molecule has 3 rings (SSSR count). The first kappa shape index (κ1) is 25.0. The molecule has 1 heterocycles. The van der Waals surface area contributed by atoms with Crippen LogP contribution in [0.25, 0.3) is 0 Å². The van der Waals surface area contributed by atoms with Gasteiger partial charge in [0.05, 0.1) is 22.3 Å². The molecule has 0 fully saturated rings. The third kappa shape index (κ3) is 6.04. The van der Waals surface area contributed by atoms with E-state index < -0.39 is 10.0 Å². The quantitative estimate of drug-likeness (QED) is 0.706. The van der Waals surface area contributed by atoms with E-state index in [4.69, 9.17) is 9.47 Å². The fourth-order valence-corrected chi connectivity index (χ4v) is 5.08. The number of hydrogen-bond acceptors (Lipinski definition) is 6. The summed E-state index contributed by atoms with van der Waals surface area (Å²) in [6.07, 6.45) is -0.123. The Morgan fingerprint density at radius 2 is 1.91 bits per heavy atom. The van der Waals surface area contributed by atoms with Crippen molar-refractivity contribution in [1.82, 2.24) is 10.2 Å². The third-order valence-electron chi connectivity index (χ3n) is 5.86. The molecule has 180 valence electrons. The minimum atomic E-state index is -3.79. The fourth-order valence-electron chi connectivity index (χ4n) is 3.79. The van der Waals surface area contributed by atoms with Gasteiger partial charge >= 0.3 is 0 Å². The second-order valence-corrected chi connectivity index (χ2v) is 10.3. The lowest BCUT2D eigenvalue weighted by Gasteiger charge is -2.30. The first-order valence-electron chi connectivity index (χ1n) is 11.0. The molecule has 1 amide bonds. The van der Waals surface area contributed by atoms with Gasteiger partial charge in [0.25, 0.3) is 15.9 Å². The van der Waals surface area contributed by atoms with Gasteiger partial charge in [-0.2, -0.15) is 0 Å². The number of nitrogens with one attached hydrogen (secondary N) is 2. The molecule has 2 aromatic rings. The van der Waals surface area contributed by atoms with E-state index in [-0.39, 0.29) is 28.9 Å². The molecule has 0 saturated heterocycles. The topological polar surface area (TPSA) is 97.0 Å². The molecule has 1 aliphatic rings. The van der Waals surface area contributed by atoms with E-state index in [0.717, 1.165) is 0 Å². The zero-order chi connectivity index (χ0) is 24.2. The van der Waals surface area contributed by atoms with Crippen LogP contribution in [0.2, 0.25) is 0 Å². The van der Waals surface area contributed by atoms with Crippen LogP contribution in [0.1, 0.15) is 29.8 Å². The number of fused-ring (bicyclic) bond motifs is 1. The van der Waals surface area contributed by atoms with E-state index >= 15 is 0 Å². The normalized spacial score (nSPS) is 22.5. The number of hydrogen-bond donors (Lipinski definition) is 2. The van der Waals surface area contributed by atoms with Crippen LogP contribution in [0.5, 0.6) is 5.75 Å². The van der Waals surface area contributed by atoms with E-state index in [1.165, 1.54) is 0 Å². The average molecular weight is 476 g/mol. The Morgan fingerprint density at radius 3 is 2.61 bits per heavy atom. The molecular weight excluding hydrogens is 442 g/mol. The van der Waals surface area contributed by atoms with E-state index in [2.05, 4.69) is 17.0 Å². The SMILES string of the molecule is CO[C@H]1CN(C)C(=O)c2ccc(NS(=O)(=O)c3ccccc3C)cc2OC[C@H](C)NC[C@@H]1C. The Hall–Kier alpha value is -2.62. The van der Waals surface area contributed by atoms with Gasteiger partial charge in [0, 0.05) is 39.4 Å². The Balaban J connectivity index is 1.93. The van der Waals surface area contributed by atoms with Crippen molar-refractivity contribution in [2.75, 3.05) is 38.6 Å². The zero-order valence-electron chi connectivity index (χ0n) is 19.8. The minimum absolute atomic E-state index is 0.0254. The number of rotatable bonds is 4. The number of benzene rings is 2. The number of amides is 1. The van der Waals surface area contributed by atoms with Gasteiger partial charge in [-0.05, 0) is 43.5 Å². The fraction of sp³-hybridized carbons (Fsp3) is 0.458. The Kier molecular flexibility index (Phi) is 7.99. The lowest BCUT2D eigenvalue weighted by molar-refractivity contribution is 0.0281. The highest BCUT2D eigenvalue weighted by Gasteiger charge is 2.26. The number of anilines is 1. The second kappa shape index (κ2) is 10.5. The number of carbonyl (C=O) groups is 1. The zero-order valence-corrected chi connectivity index (χ0v) is 20.6. The first-order chi connectivity index (χ1) is 15.6. The van der Waals surface area contributed by atoms with Gasteiger partial charge in [-0.3, -0.25) is 9.52 Å². The third-order valence-corrected chi connectivity index (χ3v) is 7.40. The van der Waals surface area contributed by atoms with Gasteiger partial charge in [0.2, 0.25) is 0 Å². The molecule has 2 N–H and O–H groups in total. The van der Waals surface area contributed by atoms with Gasteiger partial charge in [-0.15, -0.1) is 0 Å². The average Bonchev–Trinajstić information content (AvgIpc) is 2.78. The molecule has 0 unspecified atom stereocenters. The predicted molar refractivity (Wildman–Crippen MR) is 128 cm³/mol. The smallest absolute Gasteiger partial charge is 0.262 e. The molecule has 0 spiro atoms. The number of sulfonamides is 1. The number of likely N-dealkylation sites (N-methyl/N-ethyl adjacent to an activating group) is 1. The molecule has 9 heteroatoms. The standard InChI is InChI=1S/C24H33N3O5S/c1-16-8-6-7-9-23(16)33(29,30)26-19-10-11-20-21(12-19)32-15-18(3)25-13-17(2)22(31-5)14-27(4)24(20)28/h6-12,17-18,22,25-26H,13-15H2,1-5H3/t17-,18-,22-/m0/s1. The number of ether oxygens (including phenoxy) is 2. The second-order valence-electron chi connectivity index (χ2n) is 8.64. The van der Waals surface area contributed by atoms with Crippen LogP contribution in [0.4, 0.5) is 5.69 Å². The summed E-state index contributed by atoms with van der Waals surface area (Å²) in [5.41, 5.74) is 1.33. The van der Waals surface area contributed by atoms with Crippen LogP contribution < -0.4 is 14.8 Å². The molecular formula is C24H33N3O5S. The maximum absolute atomic E-state index is 13.2. The molecule has 0 aromatic heterocycles. The van der Waals surface area contributed by atoms with Crippen molar-refractivity contribution in [3.8, 4) is 5.75 Å². The molecule has 0 aliphatic carbocycles. The Bertz CT molecular complexity index is 1090. The van der Waals surface area contributed by atoms with Crippen LogP contribution in [0.15, 0.2) is 47.4 Å². The lowest BCUT2D eigenvalue weighted by atomic mass is 10.0. The number of nitrogens with zero attached hydrogens (tertiary/aromatic N) is 1. The van der Waals surface area contributed by atoms with Crippen LogP contribution in [-0.2, 0) is 14.8 Å². The van der Waals surface area contributed by atoms with Crippen molar-refractivity contribution >= 4 is 21.6 Å². The maximum atomic E-state index is 13.2. The van der Waals surface area contributed by atoms with Crippen molar-refractivity contribution in [3.63, 3.8) is 0 Å². The molecule has 33 heavy (non-hydrogen) atoms. The van der Waals surface area contributed by atoms with Crippen molar-refractivity contribution < 1.29 is 22.7 Å². The predicted octanol–water partition coefficient (Wildman–Crippen LogP) is 2.89. The molecule has 3 atom stereocenters. The number of methoxy groups -OCH3 is 1. The molecule has 8 nitrogen and oxygen atoms in total. The van der Waals surface area contributed by atoms with E-state index in [9.17, 15) is 13.2 Å². The molecule has 0 radical (unpaired) electrons. The number of aryl methyl sites for hydroxylation is 1. The lowest BCUT2D eigenvalue weighted by Crippen LogP contribution is -2.44. The summed E-state index contributed by atoms with van der Waals surface area (Å²) in [6, 6.07) is 11.5. The summed E-state index contributed by atoms with van der Waals surface area (Å²) in [4.78, 5) is 15.0. The van der Waals surface area contributed by atoms with Crippen molar-refractivity contribution in [2.24, 2.45) is 5.92 Å². The van der Waals surface area contributed by atoms with Crippen molar-refractivity contribution in [2.45, 2.75) is 37.8 Å². The highest BCUT2D eigenvalue weighted by molar-refractivity contribution is 7.92. The Morgan fingerprint density at radius 1 is 1.18 bits per heavy atom. The first-order valence-corrected chi connectivity index (χ1v) is 12.5. The maximum Gasteiger partial charge on any atom is 0.262 e. The molecule has 1 aliphatic heterocycles. The van der Waals surface area contributed by atoms with E-state index in [0.29, 0.717) is 42.3 Å². The highest BCUT2D eigenvalue weighted by Crippen LogP contribution is 2.28. The van der Waals surface area contributed by atoms with Gasteiger partial charge in [0.1, 0.15) is 12.4 Å². The Labute approximate surface area is 196 Å². The van der Waals surface area contributed by atoms with Gasteiger partial charge in [-0.25, -0.2) is 8.42 Å². The summed E-state index contributed by atoms with van der Waals surface area (Å²) < 4.78 is 40.1. The van der Waals surface area contributed by atoms with Crippen LogP contribution in [0.3, 0.4) is 0 Å². The molecule has 0 bridgehead atoms. The number of carbonyl (C=O) groups excluding carboxylic acids is 1. The van der Waals surface area contributed by atoms with Gasteiger partial charge in [0.15, 0.2) is 0 Å². The van der Waals surface area contributed by atoms with Crippen LogP contribution in [0, 0.1) is 12.8 Å². The van der Waals surface area contributed by atoms with Crippen molar-refractivity contribution in [1.29, 1.82) is 0 Å².